The topological polar surface area (TPSA) is 88.2 Å². The van der Waals surface area contributed by atoms with Crippen LogP contribution in [0.2, 0.25) is 5.02 Å². The van der Waals surface area contributed by atoms with Gasteiger partial charge < -0.3 is 9.72 Å². The summed E-state index contributed by atoms with van der Waals surface area (Å²) in [6.45, 7) is 0.321. The van der Waals surface area contributed by atoms with Gasteiger partial charge in [0.1, 0.15) is 5.82 Å². The van der Waals surface area contributed by atoms with Gasteiger partial charge in [0.15, 0.2) is 0 Å². The normalized spacial score (nSPS) is 13.6. The number of aromatic amines is 1. The number of imidazole rings is 1. The molecule has 2 amide bonds. The van der Waals surface area contributed by atoms with E-state index in [-0.39, 0.29) is 11.8 Å². The van der Waals surface area contributed by atoms with E-state index in [1.807, 2.05) is 0 Å². The molecule has 0 aliphatic carbocycles. The maximum Gasteiger partial charge on any atom is 0.261 e. The van der Waals surface area contributed by atoms with Gasteiger partial charge in [-0.15, -0.1) is 0 Å². The second kappa shape index (κ2) is 6.37. The molecule has 0 atom stereocenters. The lowest BCUT2D eigenvalue weighted by atomic mass is 10.1. The minimum Gasteiger partial charge on any atom is -0.480 e. The molecule has 2 aromatic heterocycles. The van der Waals surface area contributed by atoms with E-state index < -0.39 is 0 Å². The first-order chi connectivity index (χ1) is 12.5. The lowest BCUT2D eigenvalue weighted by Crippen LogP contribution is -2.31. The molecule has 26 heavy (non-hydrogen) atoms. The van der Waals surface area contributed by atoms with Crippen molar-refractivity contribution in [3.05, 3.63) is 40.5 Å². The van der Waals surface area contributed by atoms with E-state index in [1.165, 1.54) is 18.2 Å². The molecule has 1 aliphatic heterocycles. The summed E-state index contributed by atoms with van der Waals surface area (Å²) >= 11 is 9.53. The Bertz CT molecular complexity index is 1010. The number of hydrogen-bond acceptors (Lipinski definition) is 5. The number of methoxy groups -OCH3 is 1. The second-order valence-electron chi connectivity index (χ2n) is 5.63. The van der Waals surface area contributed by atoms with Gasteiger partial charge in [0, 0.05) is 18.1 Å². The van der Waals surface area contributed by atoms with E-state index in [9.17, 15) is 9.59 Å². The Morgan fingerprint density at radius 2 is 2.00 bits per heavy atom. The molecule has 1 N–H and O–H groups in total. The van der Waals surface area contributed by atoms with Crippen molar-refractivity contribution >= 4 is 50.4 Å². The Hall–Kier alpha value is -2.45. The summed E-state index contributed by atoms with van der Waals surface area (Å²) in [5.41, 5.74) is 2.42. The number of nitrogens with zero attached hydrogens (tertiary/aromatic N) is 3. The summed E-state index contributed by atoms with van der Waals surface area (Å²) < 4.78 is 5.26. The predicted octanol–water partition coefficient (Wildman–Crippen LogP) is 3.28. The summed E-state index contributed by atoms with van der Waals surface area (Å²) in [6.07, 6.45) is 1.54. The number of carbonyl (C=O) groups excluding carboxylic acids is 2. The number of aromatic nitrogens is 3. The molecule has 0 radical (unpaired) electrons. The molecule has 7 nitrogen and oxygen atoms in total. The number of amides is 2. The number of H-pyrrole nitrogens is 1. The molecule has 0 bridgehead atoms. The highest BCUT2D eigenvalue weighted by atomic mass is 79.9. The third kappa shape index (κ3) is 2.48. The molecule has 4 rings (SSSR count). The highest BCUT2D eigenvalue weighted by molar-refractivity contribution is 9.09. The average Bonchev–Trinajstić information content (AvgIpc) is 3.14. The minimum atomic E-state index is -0.312. The van der Waals surface area contributed by atoms with Gasteiger partial charge in [-0.25, -0.2) is 9.97 Å². The highest BCUT2D eigenvalue weighted by Crippen LogP contribution is 2.35. The fourth-order valence-corrected chi connectivity index (χ4v) is 3.57. The van der Waals surface area contributed by atoms with Crippen molar-refractivity contribution in [2.75, 3.05) is 19.0 Å². The smallest absolute Gasteiger partial charge is 0.261 e. The molecule has 1 aromatic carbocycles. The van der Waals surface area contributed by atoms with E-state index in [0.29, 0.717) is 56.3 Å². The van der Waals surface area contributed by atoms with E-state index in [4.69, 9.17) is 16.3 Å². The first-order valence-electron chi connectivity index (χ1n) is 7.70. The van der Waals surface area contributed by atoms with Crippen LogP contribution in [0.4, 0.5) is 0 Å². The SMILES string of the molecule is COc1nccc(Cl)c1-c1nc2cc3c(cc2[nH]1)C(=O)N(CCBr)C3=O. The van der Waals surface area contributed by atoms with Crippen LogP contribution in [0.1, 0.15) is 20.7 Å². The zero-order valence-corrected chi connectivity index (χ0v) is 15.9. The van der Waals surface area contributed by atoms with Gasteiger partial charge in [-0.05, 0) is 18.2 Å². The molecule has 3 heterocycles. The maximum absolute atomic E-state index is 12.5. The Morgan fingerprint density at radius 1 is 1.27 bits per heavy atom. The Labute approximate surface area is 161 Å². The van der Waals surface area contributed by atoms with Crippen LogP contribution in [0.5, 0.6) is 5.88 Å². The second-order valence-corrected chi connectivity index (χ2v) is 6.83. The quantitative estimate of drug-likeness (QED) is 0.502. The van der Waals surface area contributed by atoms with Gasteiger partial charge in [0.25, 0.3) is 11.8 Å². The molecule has 1 aliphatic rings. The third-order valence-corrected chi connectivity index (χ3v) is 4.85. The van der Waals surface area contributed by atoms with Crippen LogP contribution in [0.3, 0.4) is 0 Å². The standard InChI is InChI=1S/C17H12BrClN4O3/c1-26-15-13(10(19)2-4-20-15)14-21-11-6-8-9(7-12(11)22-14)17(25)23(5-3-18)16(8)24/h2,4,6-7H,3,5H2,1H3,(H,21,22). The van der Waals surface area contributed by atoms with Crippen LogP contribution in [0, 0.1) is 0 Å². The Kier molecular flexibility index (Phi) is 4.16. The van der Waals surface area contributed by atoms with Crippen LogP contribution in [-0.2, 0) is 0 Å². The monoisotopic (exact) mass is 434 g/mol. The molecular formula is C17H12BrClN4O3. The summed E-state index contributed by atoms with van der Waals surface area (Å²) in [7, 11) is 1.50. The number of rotatable bonds is 4. The number of halogens is 2. The van der Waals surface area contributed by atoms with E-state index in [0.717, 1.165) is 0 Å². The van der Waals surface area contributed by atoms with Crippen LogP contribution in [0.25, 0.3) is 22.4 Å². The van der Waals surface area contributed by atoms with Crippen molar-refractivity contribution in [1.82, 2.24) is 19.9 Å². The highest BCUT2D eigenvalue weighted by Gasteiger charge is 2.35. The molecule has 0 saturated heterocycles. The average molecular weight is 436 g/mol. The molecule has 0 saturated carbocycles. The molecule has 0 spiro atoms. The van der Waals surface area contributed by atoms with Crippen molar-refractivity contribution in [3.8, 4) is 17.3 Å². The minimum absolute atomic E-state index is 0.306. The first-order valence-corrected chi connectivity index (χ1v) is 9.20. The van der Waals surface area contributed by atoms with Crippen molar-refractivity contribution in [2.45, 2.75) is 0 Å². The molecular weight excluding hydrogens is 424 g/mol. The zero-order chi connectivity index (χ0) is 18.4. The first kappa shape index (κ1) is 17.0. The van der Waals surface area contributed by atoms with Gasteiger partial charge in [-0.3, -0.25) is 14.5 Å². The largest absolute Gasteiger partial charge is 0.480 e. The molecule has 0 fully saturated rings. The van der Waals surface area contributed by atoms with Crippen LogP contribution < -0.4 is 4.74 Å². The van der Waals surface area contributed by atoms with E-state index in [1.54, 1.807) is 18.2 Å². The van der Waals surface area contributed by atoms with Crippen molar-refractivity contribution in [2.24, 2.45) is 0 Å². The van der Waals surface area contributed by atoms with Gasteiger partial charge in [0.2, 0.25) is 5.88 Å². The van der Waals surface area contributed by atoms with Crippen LogP contribution >= 0.6 is 27.5 Å². The molecule has 0 unspecified atom stereocenters. The lowest BCUT2D eigenvalue weighted by molar-refractivity contribution is 0.0665. The summed E-state index contributed by atoms with van der Waals surface area (Å²) in [4.78, 5) is 37.9. The van der Waals surface area contributed by atoms with Gasteiger partial charge in [-0.2, -0.15) is 0 Å². The Balaban J connectivity index is 1.86. The van der Waals surface area contributed by atoms with E-state index in [2.05, 4.69) is 30.9 Å². The van der Waals surface area contributed by atoms with Crippen LogP contribution in [0.15, 0.2) is 24.4 Å². The van der Waals surface area contributed by atoms with Gasteiger partial charge in [-0.1, -0.05) is 27.5 Å². The van der Waals surface area contributed by atoms with Crippen molar-refractivity contribution in [1.29, 1.82) is 0 Å². The number of pyridine rings is 1. The number of benzene rings is 1. The number of ether oxygens (including phenoxy) is 1. The number of carbonyl (C=O) groups is 2. The molecule has 9 heteroatoms. The summed E-state index contributed by atoms with van der Waals surface area (Å²) in [5.74, 6) is 0.169. The number of nitrogens with one attached hydrogen (secondary N) is 1. The van der Waals surface area contributed by atoms with Gasteiger partial charge in [0.05, 0.1) is 39.9 Å². The summed E-state index contributed by atoms with van der Waals surface area (Å²) in [5, 5.41) is 0.956. The number of alkyl halides is 1. The van der Waals surface area contributed by atoms with Crippen LogP contribution in [-0.4, -0.2) is 50.7 Å². The fraction of sp³-hybridized carbons (Fsp3) is 0.176. The van der Waals surface area contributed by atoms with Crippen molar-refractivity contribution < 1.29 is 14.3 Å². The Morgan fingerprint density at radius 3 is 2.69 bits per heavy atom. The third-order valence-electron chi connectivity index (χ3n) is 4.18. The predicted molar refractivity (Wildman–Crippen MR) is 100 cm³/mol. The molecule has 3 aromatic rings. The summed E-state index contributed by atoms with van der Waals surface area (Å²) in [6, 6.07) is 4.90. The fourth-order valence-electron chi connectivity index (χ4n) is 2.99. The van der Waals surface area contributed by atoms with Gasteiger partial charge >= 0.3 is 0 Å². The number of fused-ring (bicyclic) bond motifs is 2. The molecule has 132 valence electrons. The number of imide groups is 1. The maximum atomic E-state index is 12.5. The lowest BCUT2D eigenvalue weighted by Gasteiger charge is -2.10. The zero-order valence-electron chi connectivity index (χ0n) is 13.5. The van der Waals surface area contributed by atoms with Crippen molar-refractivity contribution in [3.63, 3.8) is 0 Å². The van der Waals surface area contributed by atoms with E-state index >= 15 is 0 Å². The number of hydrogen-bond donors (Lipinski definition) is 1.